The molecule has 1 aliphatic rings. The van der Waals surface area contributed by atoms with E-state index in [2.05, 4.69) is 15.3 Å². The van der Waals surface area contributed by atoms with Crippen LogP contribution in [0.5, 0.6) is 0 Å². The minimum atomic E-state index is -0.405. The molecule has 1 atom stereocenters. The quantitative estimate of drug-likeness (QED) is 0.655. The molecule has 0 bridgehead atoms. The Hall–Kier alpha value is -2.25. The van der Waals surface area contributed by atoms with Crippen LogP contribution < -0.4 is 5.32 Å². The largest absolute Gasteiger partial charge is 0.378 e. The molecule has 7 heteroatoms. The molecule has 2 N–H and O–H groups in total. The van der Waals surface area contributed by atoms with Gasteiger partial charge in [0.05, 0.1) is 36.1 Å². The molecule has 3 rings (SSSR count). The number of aromatic nitrogens is 2. The number of nitrogens with one attached hydrogen (secondary N) is 2. The van der Waals surface area contributed by atoms with E-state index < -0.39 is 4.92 Å². The lowest BCUT2D eigenvalue weighted by atomic mass is 10.1. The maximum atomic E-state index is 10.8. The molecule has 2 aromatic rings. The van der Waals surface area contributed by atoms with Crippen LogP contribution in [-0.4, -0.2) is 34.6 Å². The van der Waals surface area contributed by atoms with E-state index in [0.717, 1.165) is 23.6 Å². The van der Waals surface area contributed by atoms with E-state index in [1.807, 2.05) is 6.07 Å². The molecule has 1 aromatic heterocycles. The van der Waals surface area contributed by atoms with Crippen molar-refractivity contribution in [3.8, 4) is 11.3 Å². The topological polar surface area (TPSA) is 93.1 Å². The van der Waals surface area contributed by atoms with Crippen LogP contribution in [0.2, 0.25) is 0 Å². The van der Waals surface area contributed by atoms with Gasteiger partial charge in [0.1, 0.15) is 5.82 Å². The zero-order valence-electron chi connectivity index (χ0n) is 10.7. The zero-order valence-corrected chi connectivity index (χ0v) is 10.7. The first-order valence-corrected chi connectivity index (χ1v) is 6.35. The van der Waals surface area contributed by atoms with Crippen LogP contribution in [0.3, 0.4) is 0 Å². The summed E-state index contributed by atoms with van der Waals surface area (Å²) in [5, 5.41) is 14.1. The lowest BCUT2D eigenvalue weighted by molar-refractivity contribution is -0.384. The highest BCUT2D eigenvalue weighted by Crippen LogP contribution is 2.23. The number of benzene rings is 1. The van der Waals surface area contributed by atoms with Crippen molar-refractivity contribution in [2.24, 2.45) is 0 Å². The Balaban J connectivity index is 1.85. The van der Waals surface area contributed by atoms with Crippen LogP contribution in [0.4, 0.5) is 5.69 Å². The minimum absolute atomic E-state index is 0.0381. The highest BCUT2D eigenvalue weighted by molar-refractivity contribution is 5.62. The Morgan fingerprint density at radius 1 is 1.45 bits per heavy atom. The maximum absolute atomic E-state index is 10.8. The Kier molecular flexibility index (Phi) is 3.44. The van der Waals surface area contributed by atoms with Crippen LogP contribution in [0.15, 0.2) is 30.5 Å². The molecule has 7 nitrogen and oxygen atoms in total. The van der Waals surface area contributed by atoms with Gasteiger partial charge in [-0.15, -0.1) is 0 Å². The number of morpholine rings is 1. The molecule has 0 saturated carbocycles. The zero-order chi connectivity index (χ0) is 13.9. The Morgan fingerprint density at radius 3 is 3.10 bits per heavy atom. The van der Waals surface area contributed by atoms with Gasteiger partial charge in [-0.2, -0.15) is 0 Å². The molecule has 1 fully saturated rings. The van der Waals surface area contributed by atoms with Crippen molar-refractivity contribution in [2.45, 2.75) is 6.04 Å². The molecule has 20 heavy (non-hydrogen) atoms. The lowest BCUT2D eigenvalue weighted by Crippen LogP contribution is -2.35. The van der Waals surface area contributed by atoms with Crippen LogP contribution in [0.25, 0.3) is 11.3 Å². The number of rotatable bonds is 3. The van der Waals surface area contributed by atoms with Gasteiger partial charge in [0.25, 0.3) is 5.69 Å². The number of ether oxygens (including phenoxy) is 1. The van der Waals surface area contributed by atoms with E-state index in [1.54, 1.807) is 12.3 Å². The second-order valence-electron chi connectivity index (χ2n) is 4.57. The fourth-order valence-electron chi connectivity index (χ4n) is 2.19. The molecule has 0 radical (unpaired) electrons. The number of nitrogens with zero attached hydrogens (tertiary/aromatic N) is 2. The van der Waals surface area contributed by atoms with E-state index in [0.29, 0.717) is 13.2 Å². The van der Waals surface area contributed by atoms with Crippen LogP contribution in [-0.2, 0) is 4.74 Å². The van der Waals surface area contributed by atoms with E-state index in [1.165, 1.54) is 12.1 Å². The van der Waals surface area contributed by atoms with E-state index in [9.17, 15) is 10.1 Å². The predicted octanol–water partition coefficient (Wildman–Crippen LogP) is 1.65. The van der Waals surface area contributed by atoms with Crippen molar-refractivity contribution in [1.82, 2.24) is 15.3 Å². The molecule has 1 aliphatic heterocycles. The Bertz CT molecular complexity index is 620. The molecular formula is C13H14N4O3. The SMILES string of the molecule is O=[N+]([O-])c1cccc(-c2cnc(C3COCCN3)[nH]2)c1. The summed E-state index contributed by atoms with van der Waals surface area (Å²) in [7, 11) is 0. The standard InChI is InChI=1S/C13H14N4O3/c18-17(19)10-3-1-2-9(6-10)11-7-15-13(16-11)12-8-20-5-4-14-12/h1-3,6-7,12,14H,4-5,8H2,(H,15,16). The normalized spacial score (nSPS) is 18.9. The first-order valence-electron chi connectivity index (χ1n) is 6.35. The molecule has 1 saturated heterocycles. The smallest absolute Gasteiger partial charge is 0.270 e. The summed E-state index contributed by atoms with van der Waals surface area (Å²) >= 11 is 0. The highest BCUT2D eigenvalue weighted by atomic mass is 16.6. The number of nitro groups is 1. The molecule has 1 aromatic carbocycles. The summed E-state index contributed by atoms with van der Waals surface area (Å²) in [6.07, 6.45) is 1.69. The molecule has 0 amide bonds. The summed E-state index contributed by atoms with van der Waals surface area (Å²) in [4.78, 5) is 17.9. The fraction of sp³-hybridized carbons (Fsp3) is 0.308. The van der Waals surface area contributed by atoms with Crippen LogP contribution in [0.1, 0.15) is 11.9 Å². The van der Waals surface area contributed by atoms with Crippen molar-refractivity contribution < 1.29 is 9.66 Å². The molecule has 0 spiro atoms. The summed E-state index contributed by atoms with van der Waals surface area (Å²) in [6, 6.07) is 6.51. The van der Waals surface area contributed by atoms with Gasteiger partial charge in [-0.3, -0.25) is 10.1 Å². The summed E-state index contributed by atoms with van der Waals surface area (Å²) in [5.74, 6) is 0.784. The van der Waals surface area contributed by atoms with Crippen molar-refractivity contribution in [1.29, 1.82) is 0 Å². The average Bonchev–Trinajstić information content (AvgIpc) is 2.98. The van der Waals surface area contributed by atoms with Crippen LogP contribution >= 0.6 is 0 Å². The lowest BCUT2D eigenvalue weighted by Gasteiger charge is -2.21. The third-order valence-electron chi connectivity index (χ3n) is 3.22. The second kappa shape index (κ2) is 5.40. The first kappa shape index (κ1) is 12.8. The average molecular weight is 274 g/mol. The summed E-state index contributed by atoms with van der Waals surface area (Å²) in [5.41, 5.74) is 1.57. The van der Waals surface area contributed by atoms with Gasteiger partial charge in [-0.05, 0) is 0 Å². The molecule has 0 aliphatic carbocycles. The van der Waals surface area contributed by atoms with Gasteiger partial charge in [-0.25, -0.2) is 4.98 Å². The van der Waals surface area contributed by atoms with E-state index in [-0.39, 0.29) is 11.7 Å². The van der Waals surface area contributed by atoms with Crippen molar-refractivity contribution in [2.75, 3.05) is 19.8 Å². The van der Waals surface area contributed by atoms with E-state index >= 15 is 0 Å². The molecule has 1 unspecified atom stereocenters. The molecule has 104 valence electrons. The Morgan fingerprint density at radius 2 is 2.35 bits per heavy atom. The van der Waals surface area contributed by atoms with Crippen molar-refractivity contribution in [3.05, 3.63) is 46.4 Å². The van der Waals surface area contributed by atoms with Gasteiger partial charge in [0, 0.05) is 24.2 Å². The maximum Gasteiger partial charge on any atom is 0.270 e. The summed E-state index contributed by atoms with van der Waals surface area (Å²) < 4.78 is 5.39. The van der Waals surface area contributed by atoms with Crippen LogP contribution in [0, 0.1) is 10.1 Å². The van der Waals surface area contributed by atoms with Gasteiger partial charge < -0.3 is 15.0 Å². The van der Waals surface area contributed by atoms with Crippen molar-refractivity contribution >= 4 is 5.69 Å². The molecular weight excluding hydrogens is 260 g/mol. The van der Waals surface area contributed by atoms with E-state index in [4.69, 9.17) is 4.74 Å². The monoisotopic (exact) mass is 274 g/mol. The number of hydrogen-bond acceptors (Lipinski definition) is 5. The number of H-pyrrole nitrogens is 1. The number of nitro benzene ring substituents is 1. The van der Waals surface area contributed by atoms with Gasteiger partial charge in [-0.1, -0.05) is 12.1 Å². The number of imidazole rings is 1. The number of aromatic amines is 1. The Labute approximate surface area is 115 Å². The second-order valence-corrected chi connectivity index (χ2v) is 4.57. The highest BCUT2D eigenvalue weighted by Gasteiger charge is 2.18. The molecule has 2 heterocycles. The van der Waals surface area contributed by atoms with Gasteiger partial charge in [0.2, 0.25) is 0 Å². The summed E-state index contributed by atoms with van der Waals surface area (Å²) in [6.45, 7) is 2.06. The first-order chi connectivity index (χ1) is 9.74. The predicted molar refractivity (Wildman–Crippen MR) is 72.2 cm³/mol. The van der Waals surface area contributed by atoms with Gasteiger partial charge >= 0.3 is 0 Å². The number of non-ortho nitro benzene ring substituents is 1. The third-order valence-corrected chi connectivity index (χ3v) is 3.22. The minimum Gasteiger partial charge on any atom is -0.378 e. The number of hydrogen-bond donors (Lipinski definition) is 2. The van der Waals surface area contributed by atoms with Crippen molar-refractivity contribution in [3.63, 3.8) is 0 Å². The third kappa shape index (κ3) is 2.54. The van der Waals surface area contributed by atoms with Gasteiger partial charge in [0.15, 0.2) is 0 Å². The fourth-order valence-corrected chi connectivity index (χ4v) is 2.19.